The van der Waals surface area contributed by atoms with Crippen molar-refractivity contribution in [1.82, 2.24) is 5.32 Å². The number of nitrogens with two attached hydrogens (primary N) is 1. The largest absolute Gasteiger partial charge is 0.492 e. The minimum absolute atomic E-state index is 0.158. The van der Waals surface area contributed by atoms with Crippen LogP contribution < -0.4 is 15.8 Å². The second-order valence-electron chi connectivity index (χ2n) is 3.68. The van der Waals surface area contributed by atoms with Gasteiger partial charge in [0.2, 0.25) is 0 Å². The van der Waals surface area contributed by atoms with Gasteiger partial charge >= 0.3 is 0 Å². The predicted octanol–water partition coefficient (Wildman–Crippen LogP) is 1.72. The molecule has 1 atom stereocenters. The van der Waals surface area contributed by atoms with Crippen LogP contribution in [0.15, 0.2) is 27.7 Å². The Labute approximate surface area is 114 Å². The summed E-state index contributed by atoms with van der Waals surface area (Å²) in [5, 5.41) is 3.11. The maximum Gasteiger partial charge on any atom is 0.189 e. The Hall–Kier alpha value is -0.880. The lowest BCUT2D eigenvalue weighted by Crippen LogP contribution is -2.29. The van der Waals surface area contributed by atoms with Gasteiger partial charge in [0.25, 0.3) is 0 Å². The first kappa shape index (κ1) is 12.6. The highest BCUT2D eigenvalue weighted by Crippen LogP contribution is 2.29. The molecule has 17 heavy (non-hydrogen) atoms. The maximum atomic E-state index is 5.59. The van der Waals surface area contributed by atoms with E-state index in [0.29, 0.717) is 24.9 Å². The Morgan fingerprint density at radius 3 is 3.00 bits per heavy atom. The number of hydrogen-bond donors (Lipinski definition) is 3. The van der Waals surface area contributed by atoms with Gasteiger partial charge in [-0.2, -0.15) is 12.6 Å². The molecule has 0 radical (unpaired) electrons. The fraction of sp³-hybridized carbons (Fsp3) is 0.364. The first-order chi connectivity index (χ1) is 8.20. The molecule has 0 fully saturated rings. The summed E-state index contributed by atoms with van der Waals surface area (Å²) in [5.41, 5.74) is 6.73. The van der Waals surface area contributed by atoms with E-state index in [0.717, 1.165) is 15.8 Å². The molecule has 1 aromatic carbocycles. The van der Waals surface area contributed by atoms with E-state index in [4.69, 9.17) is 10.5 Å². The van der Waals surface area contributed by atoms with Crippen LogP contribution in [-0.2, 0) is 0 Å². The first-order valence-corrected chi connectivity index (χ1v) is 6.73. The number of halogens is 1. The van der Waals surface area contributed by atoms with Gasteiger partial charge in [0.15, 0.2) is 5.96 Å². The van der Waals surface area contributed by atoms with Gasteiger partial charge in [0.1, 0.15) is 5.75 Å². The number of guanidine groups is 1. The van der Waals surface area contributed by atoms with E-state index < -0.39 is 0 Å². The van der Waals surface area contributed by atoms with Crippen molar-refractivity contribution in [1.29, 1.82) is 0 Å². The standard InChI is InChI=1S/C11H14BrN3OS/c12-8-5-7(9-6-14-11(13)15-9)1-2-10(8)16-3-4-17/h1-2,5,9,17H,3-4,6H2,(H3,13,14,15). The van der Waals surface area contributed by atoms with Crippen molar-refractivity contribution < 1.29 is 4.74 Å². The number of nitrogens with one attached hydrogen (secondary N) is 1. The molecule has 0 saturated carbocycles. The Morgan fingerprint density at radius 2 is 2.41 bits per heavy atom. The summed E-state index contributed by atoms with van der Waals surface area (Å²) in [5.74, 6) is 2.03. The molecule has 2 rings (SSSR count). The zero-order valence-electron chi connectivity index (χ0n) is 9.19. The number of thiol groups is 1. The highest BCUT2D eigenvalue weighted by molar-refractivity contribution is 9.10. The van der Waals surface area contributed by atoms with Gasteiger partial charge < -0.3 is 15.8 Å². The third-order valence-corrected chi connectivity index (χ3v) is 3.28. The van der Waals surface area contributed by atoms with E-state index in [9.17, 15) is 0 Å². The summed E-state index contributed by atoms with van der Waals surface area (Å²) in [6.45, 7) is 1.27. The molecule has 1 aliphatic rings. The van der Waals surface area contributed by atoms with E-state index >= 15 is 0 Å². The molecule has 3 N–H and O–H groups in total. The molecule has 0 saturated heterocycles. The van der Waals surface area contributed by atoms with Crippen LogP contribution in [0.25, 0.3) is 0 Å². The molecular formula is C11H14BrN3OS. The van der Waals surface area contributed by atoms with E-state index in [2.05, 4.69) is 38.9 Å². The Kier molecular flexibility index (Phi) is 4.17. The Balaban J connectivity index is 2.08. The van der Waals surface area contributed by atoms with Crippen LogP contribution in [0.3, 0.4) is 0 Å². The van der Waals surface area contributed by atoms with Gasteiger partial charge in [-0.3, -0.25) is 4.99 Å². The van der Waals surface area contributed by atoms with Crippen molar-refractivity contribution in [2.24, 2.45) is 10.7 Å². The van der Waals surface area contributed by atoms with E-state index in [-0.39, 0.29) is 6.04 Å². The molecule has 4 nitrogen and oxygen atoms in total. The zero-order valence-corrected chi connectivity index (χ0v) is 11.7. The summed E-state index contributed by atoms with van der Waals surface area (Å²) in [4.78, 5) is 4.12. The van der Waals surface area contributed by atoms with Crippen LogP contribution in [0.4, 0.5) is 0 Å². The van der Waals surface area contributed by atoms with Crippen LogP contribution in [0, 0.1) is 0 Å². The number of ether oxygens (including phenoxy) is 1. The van der Waals surface area contributed by atoms with Crippen molar-refractivity contribution in [3.63, 3.8) is 0 Å². The van der Waals surface area contributed by atoms with E-state index in [1.54, 1.807) is 0 Å². The monoisotopic (exact) mass is 315 g/mol. The van der Waals surface area contributed by atoms with Crippen molar-refractivity contribution in [2.75, 3.05) is 18.9 Å². The fourth-order valence-electron chi connectivity index (χ4n) is 1.65. The topological polar surface area (TPSA) is 59.6 Å². The lowest BCUT2D eigenvalue weighted by molar-refractivity contribution is 0.342. The van der Waals surface area contributed by atoms with E-state index in [1.165, 1.54) is 0 Å². The molecule has 0 spiro atoms. The number of hydrogen-bond acceptors (Lipinski definition) is 5. The summed E-state index contributed by atoms with van der Waals surface area (Å²) < 4.78 is 6.46. The minimum Gasteiger partial charge on any atom is -0.492 e. The van der Waals surface area contributed by atoms with Gasteiger partial charge in [-0.05, 0) is 33.6 Å². The van der Waals surface area contributed by atoms with Crippen molar-refractivity contribution >= 4 is 34.5 Å². The molecule has 6 heteroatoms. The van der Waals surface area contributed by atoms with Gasteiger partial charge in [-0.15, -0.1) is 0 Å². The third kappa shape index (κ3) is 3.07. The van der Waals surface area contributed by atoms with Gasteiger partial charge in [0.05, 0.1) is 23.7 Å². The predicted molar refractivity (Wildman–Crippen MR) is 75.9 cm³/mol. The van der Waals surface area contributed by atoms with Crippen LogP contribution >= 0.6 is 28.6 Å². The molecule has 92 valence electrons. The highest BCUT2D eigenvalue weighted by Gasteiger charge is 2.18. The van der Waals surface area contributed by atoms with Crippen LogP contribution in [0.2, 0.25) is 0 Å². The number of benzene rings is 1. The lowest BCUT2D eigenvalue weighted by atomic mass is 10.1. The smallest absolute Gasteiger partial charge is 0.189 e. The van der Waals surface area contributed by atoms with Gasteiger partial charge in [-0.1, -0.05) is 6.07 Å². The van der Waals surface area contributed by atoms with Gasteiger partial charge in [-0.25, -0.2) is 0 Å². The molecule has 1 unspecified atom stereocenters. The Bertz CT molecular complexity index is 439. The second-order valence-corrected chi connectivity index (χ2v) is 4.99. The van der Waals surface area contributed by atoms with Crippen LogP contribution in [0.5, 0.6) is 5.75 Å². The molecule has 1 heterocycles. The van der Waals surface area contributed by atoms with Crippen LogP contribution in [-0.4, -0.2) is 24.9 Å². The quantitative estimate of drug-likeness (QED) is 0.741. The van der Waals surface area contributed by atoms with Crippen molar-refractivity contribution in [3.8, 4) is 5.75 Å². The number of nitrogens with zero attached hydrogens (tertiary/aromatic N) is 1. The summed E-state index contributed by atoms with van der Waals surface area (Å²) in [6.07, 6.45) is 0. The average Bonchev–Trinajstić information content (AvgIpc) is 2.74. The Morgan fingerprint density at radius 1 is 1.59 bits per heavy atom. The van der Waals surface area contributed by atoms with Crippen molar-refractivity contribution in [2.45, 2.75) is 6.04 Å². The highest BCUT2D eigenvalue weighted by atomic mass is 79.9. The summed E-state index contributed by atoms with van der Waals surface area (Å²) in [7, 11) is 0. The molecule has 0 aliphatic carbocycles. The molecule has 0 aromatic heterocycles. The summed E-state index contributed by atoms with van der Waals surface area (Å²) in [6, 6.07) is 6.15. The van der Waals surface area contributed by atoms with Crippen LogP contribution in [0.1, 0.15) is 11.6 Å². The molecule has 1 aromatic rings. The molecule has 0 bridgehead atoms. The normalized spacial score (nSPS) is 18.7. The second kappa shape index (κ2) is 5.64. The average molecular weight is 316 g/mol. The van der Waals surface area contributed by atoms with E-state index in [1.807, 2.05) is 18.2 Å². The first-order valence-electron chi connectivity index (χ1n) is 5.30. The minimum atomic E-state index is 0.158. The molecular weight excluding hydrogens is 302 g/mol. The molecule has 0 amide bonds. The van der Waals surface area contributed by atoms with Crippen molar-refractivity contribution in [3.05, 3.63) is 28.2 Å². The maximum absolute atomic E-state index is 5.59. The number of aliphatic imine (C=N–C) groups is 1. The number of rotatable bonds is 4. The summed E-state index contributed by atoms with van der Waals surface area (Å²) >= 11 is 7.60. The molecule has 1 aliphatic heterocycles. The zero-order chi connectivity index (χ0) is 12.3. The van der Waals surface area contributed by atoms with Gasteiger partial charge in [0, 0.05) is 5.75 Å². The SMILES string of the molecule is NC1=NCC(c2ccc(OCCS)c(Br)c2)N1. The third-order valence-electron chi connectivity index (χ3n) is 2.47. The fourth-order valence-corrected chi connectivity index (χ4v) is 2.26. The lowest BCUT2D eigenvalue weighted by Gasteiger charge is -2.13.